The fraction of sp³-hybridized carbons (Fsp3) is 0.545. The van der Waals surface area contributed by atoms with E-state index in [9.17, 15) is 0 Å². The summed E-state index contributed by atoms with van der Waals surface area (Å²) >= 11 is 3.36. The second-order valence-electron chi connectivity index (χ2n) is 4.14. The molecule has 2 N–H and O–H groups in total. The molecule has 0 aromatic carbocycles. The van der Waals surface area contributed by atoms with Crippen LogP contribution in [0.5, 0.6) is 0 Å². The van der Waals surface area contributed by atoms with Crippen molar-refractivity contribution in [2.24, 2.45) is 5.73 Å². The molecule has 1 aliphatic rings. The van der Waals surface area contributed by atoms with Crippen molar-refractivity contribution in [2.45, 2.75) is 31.4 Å². The monoisotopic (exact) mass is 270 g/mol. The Labute approximate surface area is 98.2 Å². The topological polar surface area (TPSA) is 48.1 Å². The molecule has 1 fully saturated rings. The van der Waals surface area contributed by atoms with Crippen molar-refractivity contribution < 1.29 is 4.74 Å². The summed E-state index contributed by atoms with van der Waals surface area (Å²) in [5.41, 5.74) is 7.07. The summed E-state index contributed by atoms with van der Waals surface area (Å²) < 4.78 is 6.50. The van der Waals surface area contributed by atoms with Crippen molar-refractivity contribution >= 4 is 15.9 Å². The van der Waals surface area contributed by atoms with Gasteiger partial charge in [-0.2, -0.15) is 0 Å². The maximum atomic E-state index is 6.30. The van der Waals surface area contributed by atoms with E-state index >= 15 is 0 Å². The fourth-order valence-corrected chi connectivity index (χ4v) is 2.11. The number of ether oxygens (including phenoxy) is 1. The van der Waals surface area contributed by atoms with Crippen LogP contribution in [0.25, 0.3) is 0 Å². The summed E-state index contributed by atoms with van der Waals surface area (Å²) in [5, 5.41) is 0. The summed E-state index contributed by atoms with van der Waals surface area (Å²) in [6, 6.07) is 4.00. The number of nitrogens with zero attached hydrogens (tertiary/aromatic N) is 1. The molecule has 1 aromatic rings. The molecule has 1 aliphatic heterocycles. The van der Waals surface area contributed by atoms with Crippen LogP contribution in [-0.4, -0.2) is 23.2 Å². The van der Waals surface area contributed by atoms with Crippen molar-refractivity contribution in [2.75, 3.05) is 6.61 Å². The van der Waals surface area contributed by atoms with Crippen LogP contribution in [0, 0.1) is 0 Å². The van der Waals surface area contributed by atoms with Gasteiger partial charge in [-0.1, -0.05) is 0 Å². The third-order valence-electron chi connectivity index (χ3n) is 3.04. The minimum Gasteiger partial charge on any atom is -0.377 e. The molecule has 0 radical (unpaired) electrons. The van der Waals surface area contributed by atoms with Gasteiger partial charge in [0.1, 0.15) is 0 Å². The van der Waals surface area contributed by atoms with E-state index < -0.39 is 0 Å². The number of nitrogens with two attached hydrogens (primary N) is 1. The zero-order valence-electron chi connectivity index (χ0n) is 8.74. The number of halogens is 1. The molecule has 3 nitrogen and oxygen atoms in total. The Morgan fingerprint density at radius 2 is 2.47 bits per heavy atom. The zero-order chi connectivity index (χ0) is 10.9. The van der Waals surface area contributed by atoms with Gasteiger partial charge in [-0.25, -0.2) is 0 Å². The highest BCUT2D eigenvalue weighted by atomic mass is 79.9. The SMILES string of the molecule is CC1OCCC1(N)Cc1ccc(Br)cn1. The van der Waals surface area contributed by atoms with Gasteiger partial charge in [0.05, 0.1) is 6.10 Å². The Hall–Kier alpha value is -0.450. The normalized spacial score (nSPS) is 30.7. The molecule has 1 aromatic heterocycles. The largest absolute Gasteiger partial charge is 0.377 e. The summed E-state index contributed by atoms with van der Waals surface area (Å²) in [7, 11) is 0. The molecule has 2 heterocycles. The lowest BCUT2D eigenvalue weighted by atomic mass is 9.88. The van der Waals surface area contributed by atoms with Crippen LogP contribution in [-0.2, 0) is 11.2 Å². The minimum atomic E-state index is -0.249. The van der Waals surface area contributed by atoms with Crippen LogP contribution in [0.2, 0.25) is 0 Å². The molecule has 82 valence electrons. The summed E-state index contributed by atoms with van der Waals surface area (Å²) in [6.45, 7) is 2.79. The van der Waals surface area contributed by atoms with Gasteiger partial charge in [0.25, 0.3) is 0 Å². The van der Waals surface area contributed by atoms with Crippen molar-refractivity contribution in [3.63, 3.8) is 0 Å². The third kappa shape index (κ3) is 2.38. The van der Waals surface area contributed by atoms with E-state index in [1.54, 1.807) is 6.20 Å². The summed E-state index contributed by atoms with van der Waals surface area (Å²) in [4.78, 5) is 4.34. The molecular formula is C11H15BrN2O. The van der Waals surface area contributed by atoms with Gasteiger partial charge < -0.3 is 10.5 Å². The molecule has 0 saturated carbocycles. The average Bonchev–Trinajstić information content (AvgIpc) is 2.51. The van der Waals surface area contributed by atoms with E-state index in [0.717, 1.165) is 29.6 Å². The Morgan fingerprint density at radius 1 is 1.67 bits per heavy atom. The highest BCUT2D eigenvalue weighted by Gasteiger charge is 2.37. The van der Waals surface area contributed by atoms with Gasteiger partial charge >= 0.3 is 0 Å². The quantitative estimate of drug-likeness (QED) is 0.893. The molecule has 0 aliphatic carbocycles. The van der Waals surface area contributed by atoms with Gasteiger partial charge in [0, 0.05) is 34.9 Å². The molecule has 0 spiro atoms. The smallest absolute Gasteiger partial charge is 0.0731 e. The first-order valence-electron chi connectivity index (χ1n) is 5.11. The number of hydrogen-bond donors (Lipinski definition) is 1. The molecule has 15 heavy (non-hydrogen) atoms. The summed E-state index contributed by atoms with van der Waals surface area (Å²) in [5.74, 6) is 0. The molecular weight excluding hydrogens is 256 g/mol. The standard InChI is InChI=1S/C11H15BrN2O/c1-8-11(13,4-5-15-8)6-10-3-2-9(12)7-14-10/h2-3,7-8H,4-6,13H2,1H3. The van der Waals surface area contributed by atoms with E-state index in [-0.39, 0.29) is 11.6 Å². The van der Waals surface area contributed by atoms with Gasteiger partial charge in [0.15, 0.2) is 0 Å². The van der Waals surface area contributed by atoms with Crippen molar-refractivity contribution in [1.82, 2.24) is 4.98 Å². The third-order valence-corrected chi connectivity index (χ3v) is 3.51. The lowest BCUT2D eigenvalue weighted by Crippen LogP contribution is -2.48. The fourth-order valence-electron chi connectivity index (χ4n) is 1.88. The van der Waals surface area contributed by atoms with Crippen LogP contribution in [0.1, 0.15) is 19.0 Å². The zero-order valence-corrected chi connectivity index (χ0v) is 10.3. The lowest BCUT2D eigenvalue weighted by molar-refractivity contribution is 0.0952. The molecule has 0 amide bonds. The predicted octanol–water partition coefficient (Wildman–Crippen LogP) is 1.89. The highest BCUT2D eigenvalue weighted by Crippen LogP contribution is 2.26. The molecule has 2 atom stereocenters. The molecule has 4 heteroatoms. The van der Waals surface area contributed by atoms with E-state index in [0.29, 0.717) is 0 Å². The molecule has 2 unspecified atom stereocenters. The maximum Gasteiger partial charge on any atom is 0.0731 e. The van der Waals surface area contributed by atoms with E-state index in [4.69, 9.17) is 10.5 Å². The summed E-state index contributed by atoms with van der Waals surface area (Å²) in [6.07, 6.45) is 3.61. The predicted molar refractivity (Wildman–Crippen MR) is 62.6 cm³/mol. The van der Waals surface area contributed by atoms with Crippen LogP contribution >= 0.6 is 15.9 Å². The molecule has 1 saturated heterocycles. The Balaban J connectivity index is 2.11. The first kappa shape index (κ1) is 11.0. The van der Waals surface area contributed by atoms with Crippen molar-refractivity contribution in [1.29, 1.82) is 0 Å². The Kier molecular flexibility index (Phi) is 3.09. The Bertz CT molecular complexity index is 341. The van der Waals surface area contributed by atoms with Crippen LogP contribution < -0.4 is 5.73 Å². The van der Waals surface area contributed by atoms with E-state index in [1.807, 2.05) is 19.1 Å². The van der Waals surface area contributed by atoms with Crippen LogP contribution in [0.3, 0.4) is 0 Å². The lowest BCUT2D eigenvalue weighted by Gasteiger charge is -2.26. The maximum absolute atomic E-state index is 6.30. The van der Waals surface area contributed by atoms with Crippen LogP contribution in [0.15, 0.2) is 22.8 Å². The van der Waals surface area contributed by atoms with Gasteiger partial charge in [-0.05, 0) is 41.4 Å². The second-order valence-corrected chi connectivity index (χ2v) is 5.06. The van der Waals surface area contributed by atoms with Gasteiger partial charge in [0.2, 0.25) is 0 Å². The van der Waals surface area contributed by atoms with E-state index in [2.05, 4.69) is 20.9 Å². The van der Waals surface area contributed by atoms with Crippen molar-refractivity contribution in [3.8, 4) is 0 Å². The average molecular weight is 271 g/mol. The van der Waals surface area contributed by atoms with Crippen molar-refractivity contribution in [3.05, 3.63) is 28.5 Å². The molecule has 2 rings (SSSR count). The number of rotatable bonds is 2. The van der Waals surface area contributed by atoms with E-state index in [1.165, 1.54) is 0 Å². The number of hydrogen-bond acceptors (Lipinski definition) is 3. The number of aromatic nitrogens is 1. The highest BCUT2D eigenvalue weighted by molar-refractivity contribution is 9.10. The second kappa shape index (κ2) is 4.20. The van der Waals surface area contributed by atoms with Crippen LogP contribution in [0.4, 0.5) is 0 Å². The first-order valence-corrected chi connectivity index (χ1v) is 5.90. The number of pyridine rings is 1. The Morgan fingerprint density at radius 3 is 3.00 bits per heavy atom. The first-order chi connectivity index (χ1) is 7.10. The van der Waals surface area contributed by atoms with Gasteiger partial charge in [-0.3, -0.25) is 4.98 Å². The minimum absolute atomic E-state index is 0.114. The van der Waals surface area contributed by atoms with Gasteiger partial charge in [-0.15, -0.1) is 0 Å². The molecule has 0 bridgehead atoms.